The standard InChI is InChI=1S/C9H17N3/c1-10-12-7-4-9(5-8-12)3-2-6-11-9/h11H,1-8H2. The molecular weight excluding hydrogens is 150 g/mol. The molecule has 0 amide bonds. The van der Waals surface area contributed by atoms with E-state index < -0.39 is 0 Å². The fourth-order valence-electron chi connectivity index (χ4n) is 2.36. The van der Waals surface area contributed by atoms with Gasteiger partial charge in [-0.05, 0) is 32.2 Å². The van der Waals surface area contributed by atoms with Crippen LogP contribution in [-0.4, -0.2) is 36.9 Å². The summed E-state index contributed by atoms with van der Waals surface area (Å²) in [6.45, 7) is 6.92. The van der Waals surface area contributed by atoms with Crippen LogP contribution in [0.1, 0.15) is 25.7 Å². The summed E-state index contributed by atoms with van der Waals surface area (Å²) >= 11 is 0. The molecule has 0 radical (unpaired) electrons. The molecule has 0 atom stereocenters. The number of hydrazone groups is 1. The number of rotatable bonds is 1. The van der Waals surface area contributed by atoms with E-state index in [9.17, 15) is 0 Å². The van der Waals surface area contributed by atoms with E-state index in [1.54, 1.807) is 0 Å². The van der Waals surface area contributed by atoms with Gasteiger partial charge in [0.2, 0.25) is 0 Å². The Hall–Kier alpha value is -0.570. The predicted molar refractivity (Wildman–Crippen MR) is 50.3 cm³/mol. The number of piperidine rings is 1. The summed E-state index contributed by atoms with van der Waals surface area (Å²) in [5.74, 6) is 0. The molecule has 2 aliphatic heterocycles. The van der Waals surface area contributed by atoms with Crippen LogP contribution in [0.4, 0.5) is 0 Å². The molecule has 12 heavy (non-hydrogen) atoms. The summed E-state index contributed by atoms with van der Waals surface area (Å²) in [7, 11) is 0. The highest BCUT2D eigenvalue weighted by molar-refractivity contribution is 5.22. The third kappa shape index (κ3) is 1.33. The first-order chi connectivity index (χ1) is 5.85. The number of nitrogens with one attached hydrogen (secondary N) is 1. The smallest absolute Gasteiger partial charge is 0.0377 e. The van der Waals surface area contributed by atoms with Crippen molar-refractivity contribution in [3.05, 3.63) is 0 Å². The van der Waals surface area contributed by atoms with Gasteiger partial charge >= 0.3 is 0 Å². The van der Waals surface area contributed by atoms with Crippen molar-refractivity contribution < 1.29 is 0 Å². The van der Waals surface area contributed by atoms with Gasteiger partial charge in [-0.1, -0.05) is 0 Å². The Kier molecular flexibility index (Phi) is 2.05. The van der Waals surface area contributed by atoms with Crippen LogP contribution < -0.4 is 5.32 Å². The van der Waals surface area contributed by atoms with Crippen molar-refractivity contribution in [2.45, 2.75) is 31.2 Å². The average molecular weight is 167 g/mol. The number of hydrogen-bond acceptors (Lipinski definition) is 3. The van der Waals surface area contributed by atoms with Crippen LogP contribution in [0.15, 0.2) is 5.10 Å². The molecule has 2 heterocycles. The minimum absolute atomic E-state index is 0.473. The fourth-order valence-corrected chi connectivity index (χ4v) is 2.36. The minimum Gasteiger partial charge on any atom is -0.311 e. The van der Waals surface area contributed by atoms with Crippen LogP contribution in [0.3, 0.4) is 0 Å². The van der Waals surface area contributed by atoms with E-state index in [0.717, 1.165) is 13.1 Å². The number of hydrogen-bond donors (Lipinski definition) is 1. The Bertz CT molecular complexity index is 163. The van der Waals surface area contributed by atoms with Gasteiger partial charge in [-0.3, -0.25) is 5.01 Å². The van der Waals surface area contributed by atoms with Crippen LogP contribution in [-0.2, 0) is 0 Å². The van der Waals surface area contributed by atoms with E-state index >= 15 is 0 Å². The van der Waals surface area contributed by atoms with E-state index in [4.69, 9.17) is 0 Å². The lowest BCUT2D eigenvalue weighted by molar-refractivity contribution is 0.154. The Morgan fingerprint density at radius 3 is 2.50 bits per heavy atom. The summed E-state index contributed by atoms with van der Waals surface area (Å²) in [5.41, 5.74) is 0.473. The maximum absolute atomic E-state index is 3.96. The SMILES string of the molecule is C=NN1CCC2(CCCN2)CC1. The highest BCUT2D eigenvalue weighted by Gasteiger charge is 2.36. The minimum atomic E-state index is 0.473. The summed E-state index contributed by atoms with van der Waals surface area (Å²) in [4.78, 5) is 0. The molecule has 0 aromatic carbocycles. The van der Waals surface area contributed by atoms with Crippen molar-refractivity contribution in [3.63, 3.8) is 0 Å². The lowest BCUT2D eigenvalue weighted by Crippen LogP contribution is -2.48. The van der Waals surface area contributed by atoms with Gasteiger partial charge in [0.15, 0.2) is 0 Å². The molecule has 2 rings (SSSR count). The zero-order valence-electron chi connectivity index (χ0n) is 7.55. The maximum Gasteiger partial charge on any atom is 0.0377 e. The van der Waals surface area contributed by atoms with Gasteiger partial charge in [0, 0.05) is 25.3 Å². The van der Waals surface area contributed by atoms with Crippen LogP contribution in [0.2, 0.25) is 0 Å². The normalized spacial score (nSPS) is 27.8. The Morgan fingerprint density at radius 2 is 2.00 bits per heavy atom. The topological polar surface area (TPSA) is 27.6 Å². The molecule has 0 aliphatic carbocycles. The van der Waals surface area contributed by atoms with Crippen molar-refractivity contribution in [1.82, 2.24) is 10.3 Å². The van der Waals surface area contributed by atoms with Crippen LogP contribution >= 0.6 is 0 Å². The van der Waals surface area contributed by atoms with Gasteiger partial charge in [0.1, 0.15) is 0 Å². The molecule has 0 aromatic rings. The second-order valence-electron chi connectivity index (χ2n) is 3.91. The summed E-state index contributed by atoms with van der Waals surface area (Å²) in [6, 6.07) is 0. The molecule has 2 saturated heterocycles. The third-order valence-electron chi connectivity index (χ3n) is 3.23. The number of nitrogens with zero attached hydrogens (tertiary/aromatic N) is 2. The highest BCUT2D eigenvalue weighted by atomic mass is 15.4. The highest BCUT2D eigenvalue weighted by Crippen LogP contribution is 2.30. The van der Waals surface area contributed by atoms with Gasteiger partial charge < -0.3 is 5.32 Å². The maximum atomic E-state index is 3.96. The van der Waals surface area contributed by atoms with E-state index in [0.29, 0.717) is 5.54 Å². The van der Waals surface area contributed by atoms with E-state index in [1.165, 1.54) is 32.2 Å². The van der Waals surface area contributed by atoms with Crippen LogP contribution in [0.5, 0.6) is 0 Å². The van der Waals surface area contributed by atoms with Gasteiger partial charge in [-0.25, -0.2) is 0 Å². The fraction of sp³-hybridized carbons (Fsp3) is 0.889. The molecular formula is C9H17N3. The zero-order chi connectivity index (χ0) is 8.44. The first-order valence-electron chi connectivity index (χ1n) is 4.81. The van der Waals surface area contributed by atoms with Crippen LogP contribution in [0.25, 0.3) is 0 Å². The van der Waals surface area contributed by atoms with Crippen molar-refractivity contribution in [2.24, 2.45) is 5.10 Å². The van der Waals surface area contributed by atoms with E-state index in [2.05, 4.69) is 22.1 Å². The second-order valence-corrected chi connectivity index (χ2v) is 3.91. The molecule has 3 nitrogen and oxygen atoms in total. The Morgan fingerprint density at radius 1 is 1.25 bits per heavy atom. The first kappa shape index (κ1) is 8.05. The zero-order valence-corrected chi connectivity index (χ0v) is 7.55. The van der Waals surface area contributed by atoms with E-state index in [-0.39, 0.29) is 0 Å². The molecule has 2 aliphatic rings. The molecule has 0 bridgehead atoms. The quantitative estimate of drug-likeness (QED) is 0.585. The van der Waals surface area contributed by atoms with Crippen molar-refractivity contribution >= 4 is 6.72 Å². The van der Waals surface area contributed by atoms with Gasteiger partial charge in [0.05, 0.1) is 0 Å². The predicted octanol–water partition coefficient (Wildman–Crippen LogP) is 0.820. The summed E-state index contributed by atoms with van der Waals surface area (Å²) < 4.78 is 0. The molecule has 3 heteroatoms. The second kappa shape index (κ2) is 3.05. The first-order valence-corrected chi connectivity index (χ1v) is 4.81. The Labute approximate surface area is 73.8 Å². The molecule has 2 fully saturated rings. The third-order valence-corrected chi connectivity index (χ3v) is 3.23. The van der Waals surface area contributed by atoms with Crippen LogP contribution in [0, 0.1) is 0 Å². The summed E-state index contributed by atoms with van der Waals surface area (Å²) in [6.07, 6.45) is 5.19. The van der Waals surface area contributed by atoms with Crippen molar-refractivity contribution in [1.29, 1.82) is 0 Å². The van der Waals surface area contributed by atoms with Gasteiger partial charge in [0.25, 0.3) is 0 Å². The molecule has 1 N–H and O–H groups in total. The molecule has 0 saturated carbocycles. The average Bonchev–Trinajstić information content (AvgIpc) is 2.55. The summed E-state index contributed by atoms with van der Waals surface area (Å²) in [5, 5.41) is 9.66. The van der Waals surface area contributed by atoms with Crippen molar-refractivity contribution in [2.75, 3.05) is 19.6 Å². The lowest BCUT2D eigenvalue weighted by Gasteiger charge is -2.38. The molecule has 1 spiro atoms. The Balaban J connectivity index is 1.92. The van der Waals surface area contributed by atoms with Crippen molar-refractivity contribution in [3.8, 4) is 0 Å². The molecule has 68 valence electrons. The van der Waals surface area contributed by atoms with E-state index in [1.807, 2.05) is 0 Å². The monoisotopic (exact) mass is 167 g/mol. The molecule has 0 aromatic heterocycles. The largest absolute Gasteiger partial charge is 0.311 e. The molecule has 0 unspecified atom stereocenters. The van der Waals surface area contributed by atoms with Gasteiger partial charge in [-0.15, -0.1) is 0 Å². The lowest BCUT2D eigenvalue weighted by atomic mass is 9.87. The van der Waals surface area contributed by atoms with Gasteiger partial charge in [-0.2, -0.15) is 5.10 Å².